The van der Waals surface area contributed by atoms with Crippen LogP contribution in [0.3, 0.4) is 0 Å². The van der Waals surface area contributed by atoms with Gasteiger partial charge in [-0.1, -0.05) is 13.8 Å². The van der Waals surface area contributed by atoms with Crippen molar-refractivity contribution in [2.75, 3.05) is 31.1 Å². The minimum Gasteiger partial charge on any atom is -0.340 e. The number of carbonyl (C=O) groups excluding carboxylic acids is 1. The quantitative estimate of drug-likeness (QED) is 0.736. The maximum Gasteiger partial charge on any atom is 0.239 e. The van der Waals surface area contributed by atoms with Crippen LogP contribution in [0.5, 0.6) is 0 Å². The molecular formula is C11H22N2O2S. The number of hydrogen-bond acceptors (Lipinski definition) is 3. The molecule has 0 aliphatic carbocycles. The number of rotatable bonds is 6. The molecule has 1 aliphatic rings. The Morgan fingerprint density at radius 3 is 2.88 bits per heavy atom. The standard InChI is InChI=1S/C11H22N2O2S/c1-3-12-10-6-5-7-13(11(10)14)8-9-16(15)4-2/h10,12H,3-9H2,1-2H3. The Morgan fingerprint density at radius 2 is 2.25 bits per heavy atom. The van der Waals surface area contributed by atoms with Crippen LogP contribution in [-0.2, 0) is 15.6 Å². The first-order chi connectivity index (χ1) is 7.69. The summed E-state index contributed by atoms with van der Waals surface area (Å²) in [5.41, 5.74) is 0. The topological polar surface area (TPSA) is 49.4 Å². The smallest absolute Gasteiger partial charge is 0.239 e. The van der Waals surface area contributed by atoms with E-state index < -0.39 is 10.8 Å². The van der Waals surface area contributed by atoms with Gasteiger partial charge in [-0.15, -0.1) is 0 Å². The fourth-order valence-electron chi connectivity index (χ4n) is 1.95. The van der Waals surface area contributed by atoms with Crippen molar-refractivity contribution in [2.45, 2.75) is 32.7 Å². The lowest BCUT2D eigenvalue weighted by atomic mass is 10.1. The van der Waals surface area contributed by atoms with Gasteiger partial charge >= 0.3 is 0 Å². The van der Waals surface area contributed by atoms with Crippen LogP contribution in [0.25, 0.3) is 0 Å². The first-order valence-corrected chi connectivity index (χ1v) is 7.55. The molecule has 1 amide bonds. The van der Waals surface area contributed by atoms with Crippen LogP contribution < -0.4 is 5.32 Å². The summed E-state index contributed by atoms with van der Waals surface area (Å²) in [5.74, 6) is 1.47. The fourth-order valence-corrected chi connectivity index (χ4v) is 2.67. The summed E-state index contributed by atoms with van der Waals surface area (Å²) in [7, 11) is -0.773. The molecule has 1 fully saturated rings. The highest BCUT2D eigenvalue weighted by molar-refractivity contribution is 7.84. The third-order valence-corrected chi connectivity index (χ3v) is 4.17. The van der Waals surface area contributed by atoms with Crippen molar-refractivity contribution in [1.29, 1.82) is 0 Å². The van der Waals surface area contributed by atoms with Crippen LogP contribution in [0.1, 0.15) is 26.7 Å². The Hall–Kier alpha value is -0.420. The van der Waals surface area contributed by atoms with Gasteiger partial charge in [-0.05, 0) is 19.4 Å². The van der Waals surface area contributed by atoms with Gasteiger partial charge in [-0.2, -0.15) is 0 Å². The molecule has 94 valence electrons. The van der Waals surface area contributed by atoms with E-state index in [2.05, 4.69) is 5.32 Å². The Bertz CT molecular complexity index is 256. The maximum absolute atomic E-state index is 12.0. The van der Waals surface area contributed by atoms with E-state index in [9.17, 15) is 9.00 Å². The van der Waals surface area contributed by atoms with Crippen LogP contribution in [0, 0.1) is 0 Å². The van der Waals surface area contributed by atoms with Crippen molar-refractivity contribution in [3.05, 3.63) is 0 Å². The summed E-state index contributed by atoms with van der Waals surface area (Å²) in [6.07, 6.45) is 1.97. The molecule has 2 atom stereocenters. The number of carbonyl (C=O) groups is 1. The normalized spacial score (nSPS) is 23.5. The molecule has 2 unspecified atom stereocenters. The van der Waals surface area contributed by atoms with Gasteiger partial charge in [0.1, 0.15) is 0 Å². The highest BCUT2D eigenvalue weighted by Gasteiger charge is 2.27. The second-order valence-corrected chi connectivity index (χ2v) is 5.88. The number of piperidine rings is 1. The summed E-state index contributed by atoms with van der Waals surface area (Å²) in [4.78, 5) is 13.8. The van der Waals surface area contributed by atoms with E-state index in [4.69, 9.17) is 0 Å². The van der Waals surface area contributed by atoms with Crippen molar-refractivity contribution in [3.8, 4) is 0 Å². The van der Waals surface area contributed by atoms with Gasteiger partial charge in [0.25, 0.3) is 0 Å². The molecule has 0 saturated carbocycles. The van der Waals surface area contributed by atoms with E-state index in [-0.39, 0.29) is 11.9 Å². The molecular weight excluding hydrogens is 224 g/mol. The summed E-state index contributed by atoms with van der Waals surface area (Å²) < 4.78 is 11.3. The molecule has 1 rings (SSSR count). The van der Waals surface area contributed by atoms with E-state index >= 15 is 0 Å². The lowest BCUT2D eigenvalue weighted by molar-refractivity contribution is -0.135. The van der Waals surface area contributed by atoms with E-state index in [0.717, 1.165) is 25.9 Å². The molecule has 0 aromatic carbocycles. The van der Waals surface area contributed by atoms with Gasteiger partial charge in [0, 0.05) is 35.4 Å². The van der Waals surface area contributed by atoms with Gasteiger partial charge in [0.05, 0.1) is 6.04 Å². The highest BCUT2D eigenvalue weighted by atomic mass is 32.2. The Balaban J connectivity index is 2.41. The predicted molar refractivity (Wildman–Crippen MR) is 66.8 cm³/mol. The SMILES string of the molecule is CCNC1CCCN(CCS(=O)CC)C1=O. The molecule has 0 radical (unpaired) electrons. The van der Waals surface area contributed by atoms with Crippen molar-refractivity contribution in [2.24, 2.45) is 0 Å². The summed E-state index contributed by atoms with van der Waals surface area (Å²) in [6.45, 7) is 6.21. The van der Waals surface area contributed by atoms with Crippen molar-refractivity contribution in [3.63, 3.8) is 0 Å². The molecule has 16 heavy (non-hydrogen) atoms. The molecule has 1 aliphatic heterocycles. The van der Waals surface area contributed by atoms with Gasteiger partial charge in [-0.3, -0.25) is 9.00 Å². The third-order valence-electron chi connectivity index (χ3n) is 2.89. The van der Waals surface area contributed by atoms with Gasteiger partial charge in [-0.25, -0.2) is 0 Å². The summed E-state index contributed by atoms with van der Waals surface area (Å²) in [6, 6.07) is -0.0196. The Morgan fingerprint density at radius 1 is 1.50 bits per heavy atom. The van der Waals surface area contributed by atoms with Crippen LogP contribution >= 0.6 is 0 Å². The van der Waals surface area contributed by atoms with Crippen molar-refractivity contribution < 1.29 is 9.00 Å². The second kappa shape index (κ2) is 7.01. The number of nitrogens with zero attached hydrogens (tertiary/aromatic N) is 1. The zero-order valence-electron chi connectivity index (χ0n) is 10.2. The fraction of sp³-hybridized carbons (Fsp3) is 0.909. The molecule has 0 aromatic heterocycles. The summed E-state index contributed by atoms with van der Waals surface area (Å²) >= 11 is 0. The van der Waals surface area contributed by atoms with E-state index in [0.29, 0.717) is 18.1 Å². The Labute approximate surface area is 100 Å². The molecule has 5 heteroatoms. The molecule has 1 N–H and O–H groups in total. The minimum atomic E-state index is -0.773. The monoisotopic (exact) mass is 246 g/mol. The zero-order valence-corrected chi connectivity index (χ0v) is 11.0. The predicted octanol–water partition coefficient (Wildman–Crippen LogP) is 0.355. The van der Waals surface area contributed by atoms with Gasteiger partial charge in [0.15, 0.2) is 0 Å². The van der Waals surface area contributed by atoms with Crippen LogP contribution in [0.2, 0.25) is 0 Å². The molecule has 0 spiro atoms. The first kappa shape index (κ1) is 13.6. The van der Waals surface area contributed by atoms with Crippen LogP contribution in [-0.4, -0.2) is 52.2 Å². The number of hydrogen-bond donors (Lipinski definition) is 1. The average molecular weight is 246 g/mol. The number of likely N-dealkylation sites (N-methyl/N-ethyl adjacent to an activating group) is 1. The third kappa shape index (κ3) is 3.87. The maximum atomic E-state index is 12.0. The molecule has 0 aromatic rings. The van der Waals surface area contributed by atoms with Crippen molar-refractivity contribution in [1.82, 2.24) is 10.2 Å². The van der Waals surface area contributed by atoms with E-state index in [1.165, 1.54) is 0 Å². The van der Waals surface area contributed by atoms with Crippen LogP contribution in [0.4, 0.5) is 0 Å². The summed E-state index contributed by atoms with van der Waals surface area (Å²) in [5, 5.41) is 3.20. The number of nitrogens with one attached hydrogen (secondary N) is 1. The number of amides is 1. The minimum absolute atomic E-state index is 0.0196. The van der Waals surface area contributed by atoms with Crippen LogP contribution in [0.15, 0.2) is 0 Å². The lowest BCUT2D eigenvalue weighted by Gasteiger charge is -2.32. The molecule has 1 saturated heterocycles. The van der Waals surface area contributed by atoms with E-state index in [1.54, 1.807) is 0 Å². The highest BCUT2D eigenvalue weighted by Crippen LogP contribution is 2.11. The van der Waals surface area contributed by atoms with E-state index in [1.807, 2.05) is 18.7 Å². The second-order valence-electron chi connectivity index (χ2n) is 4.01. The van der Waals surface area contributed by atoms with Gasteiger partial charge in [0.2, 0.25) is 5.91 Å². The number of likely N-dealkylation sites (tertiary alicyclic amines) is 1. The van der Waals surface area contributed by atoms with Crippen molar-refractivity contribution >= 4 is 16.7 Å². The largest absolute Gasteiger partial charge is 0.340 e. The Kier molecular flexibility index (Phi) is 5.98. The average Bonchev–Trinajstić information content (AvgIpc) is 2.30. The lowest BCUT2D eigenvalue weighted by Crippen LogP contribution is -2.51. The molecule has 4 nitrogen and oxygen atoms in total. The molecule has 1 heterocycles. The van der Waals surface area contributed by atoms with Gasteiger partial charge < -0.3 is 10.2 Å². The first-order valence-electron chi connectivity index (χ1n) is 6.06. The molecule has 0 bridgehead atoms. The zero-order chi connectivity index (χ0) is 12.0.